The van der Waals surface area contributed by atoms with Crippen LogP contribution in [0.1, 0.15) is 16.6 Å². The normalized spacial score (nSPS) is 16.9. The molecule has 6 heteroatoms. The van der Waals surface area contributed by atoms with E-state index in [-0.39, 0.29) is 11.8 Å². The number of amides is 2. The first-order chi connectivity index (χ1) is 9.63. The molecule has 1 aromatic carbocycles. The zero-order chi connectivity index (χ0) is 14.1. The number of nitrogens with one attached hydrogen (secondary N) is 2. The molecule has 2 aromatic rings. The topological polar surface area (TPSA) is 67.4 Å². The van der Waals surface area contributed by atoms with Crippen LogP contribution < -0.4 is 15.4 Å². The van der Waals surface area contributed by atoms with Crippen LogP contribution in [0.25, 0.3) is 0 Å². The number of hydrogen-bond donors (Lipinski definition) is 2. The Morgan fingerprint density at radius 1 is 1.40 bits per heavy atom. The van der Waals surface area contributed by atoms with Crippen LogP contribution in [-0.2, 0) is 4.79 Å². The number of anilines is 2. The van der Waals surface area contributed by atoms with E-state index in [2.05, 4.69) is 10.6 Å². The van der Waals surface area contributed by atoms with Gasteiger partial charge in [0.15, 0.2) is 6.10 Å². The van der Waals surface area contributed by atoms with Gasteiger partial charge in [0, 0.05) is 5.69 Å². The molecule has 2 amide bonds. The largest absolute Gasteiger partial charge is 0.479 e. The fraction of sp³-hybridized carbons (Fsp3) is 0.143. The Kier molecular flexibility index (Phi) is 3.15. The van der Waals surface area contributed by atoms with Crippen LogP contribution in [-0.4, -0.2) is 17.9 Å². The summed E-state index contributed by atoms with van der Waals surface area (Å²) < 4.78 is 5.45. The summed E-state index contributed by atoms with van der Waals surface area (Å²) in [6.07, 6.45) is -0.506. The average Bonchev–Trinajstić information content (AvgIpc) is 2.94. The van der Waals surface area contributed by atoms with E-state index in [0.29, 0.717) is 22.0 Å². The Morgan fingerprint density at radius 3 is 3.00 bits per heavy atom. The third kappa shape index (κ3) is 2.37. The second-order valence-corrected chi connectivity index (χ2v) is 5.34. The number of fused-ring (bicyclic) bond motifs is 1. The van der Waals surface area contributed by atoms with E-state index >= 15 is 0 Å². The number of thiophene rings is 1. The number of benzene rings is 1. The van der Waals surface area contributed by atoms with Gasteiger partial charge in [-0.1, -0.05) is 6.07 Å². The first kappa shape index (κ1) is 12.7. The zero-order valence-electron chi connectivity index (χ0n) is 10.7. The molecule has 0 saturated heterocycles. The molecule has 1 aliphatic heterocycles. The molecule has 102 valence electrons. The Morgan fingerprint density at radius 2 is 2.25 bits per heavy atom. The highest BCUT2D eigenvalue weighted by atomic mass is 32.1. The van der Waals surface area contributed by atoms with Crippen molar-refractivity contribution < 1.29 is 14.3 Å². The Labute approximate surface area is 119 Å². The van der Waals surface area contributed by atoms with Crippen LogP contribution in [0.3, 0.4) is 0 Å². The molecule has 1 aromatic heterocycles. The first-order valence-electron chi connectivity index (χ1n) is 6.10. The highest BCUT2D eigenvalue weighted by molar-refractivity contribution is 7.12. The van der Waals surface area contributed by atoms with Gasteiger partial charge in [-0.3, -0.25) is 9.59 Å². The van der Waals surface area contributed by atoms with Gasteiger partial charge in [0.2, 0.25) is 0 Å². The van der Waals surface area contributed by atoms with Gasteiger partial charge < -0.3 is 15.4 Å². The lowest BCUT2D eigenvalue weighted by atomic mass is 10.2. The van der Waals surface area contributed by atoms with Crippen LogP contribution >= 0.6 is 11.3 Å². The fourth-order valence-corrected chi connectivity index (χ4v) is 2.51. The van der Waals surface area contributed by atoms with Gasteiger partial charge in [-0.05, 0) is 36.6 Å². The van der Waals surface area contributed by atoms with Crippen LogP contribution in [0.2, 0.25) is 0 Å². The molecule has 0 aliphatic carbocycles. The number of ether oxygens (including phenoxy) is 1. The highest BCUT2D eigenvalue weighted by Gasteiger charge is 2.23. The lowest BCUT2D eigenvalue weighted by Crippen LogP contribution is -2.34. The predicted molar refractivity (Wildman–Crippen MR) is 77.4 cm³/mol. The predicted octanol–water partition coefficient (Wildman–Crippen LogP) is 2.72. The molecule has 0 bridgehead atoms. The van der Waals surface area contributed by atoms with Gasteiger partial charge >= 0.3 is 0 Å². The van der Waals surface area contributed by atoms with Crippen LogP contribution in [0.5, 0.6) is 5.75 Å². The summed E-state index contributed by atoms with van der Waals surface area (Å²) in [6.45, 7) is 1.69. The van der Waals surface area contributed by atoms with Gasteiger partial charge in [-0.2, -0.15) is 0 Å². The molecule has 0 radical (unpaired) electrons. The van der Waals surface area contributed by atoms with Gasteiger partial charge in [0.1, 0.15) is 5.75 Å². The molecule has 1 unspecified atom stereocenters. The lowest BCUT2D eigenvalue weighted by Gasteiger charge is -2.23. The highest BCUT2D eigenvalue weighted by Crippen LogP contribution is 2.32. The zero-order valence-corrected chi connectivity index (χ0v) is 11.5. The number of hydrogen-bond acceptors (Lipinski definition) is 4. The van der Waals surface area contributed by atoms with Crippen LogP contribution in [0, 0.1) is 0 Å². The molecule has 5 nitrogen and oxygen atoms in total. The maximum atomic E-state index is 11.9. The second kappa shape index (κ2) is 4.97. The van der Waals surface area contributed by atoms with Crippen LogP contribution in [0.15, 0.2) is 35.7 Å². The summed E-state index contributed by atoms with van der Waals surface area (Å²) in [7, 11) is 0. The van der Waals surface area contributed by atoms with Crippen molar-refractivity contribution in [2.75, 3.05) is 10.6 Å². The lowest BCUT2D eigenvalue weighted by molar-refractivity contribution is -0.122. The number of carbonyl (C=O) groups excluding carboxylic acids is 2. The van der Waals surface area contributed by atoms with E-state index in [1.165, 1.54) is 11.3 Å². The molecule has 1 atom stereocenters. The minimum Gasteiger partial charge on any atom is -0.479 e. The van der Waals surface area contributed by atoms with Crippen molar-refractivity contribution in [1.82, 2.24) is 0 Å². The minimum atomic E-state index is -0.506. The van der Waals surface area contributed by atoms with E-state index in [1.807, 2.05) is 11.4 Å². The minimum absolute atomic E-state index is 0.170. The summed E-state index contributed by atoms with van der Waals surface area (Å²) in [6, 6.07) is 8.74. The standard InChI is InChI=1S/C14H12N2O3S/c1-8-13(17)16-10-7-9(4-5-11(10)19-8)15-14(18)12-3-2-6-20-12/h2-8H,1H3,(H,15,18)(H,16,17). The summed E-state index contributed by atoms with van der Waals surface area (Å²) in [5.41, 5.74) is 1.18. The first-order valence-corrected chi connectivity index (χ1v) is 6.98. The van der Waals surface area contributed by atoms with Crippen molar-refractivity contribution in [3.63, 3.8) is 0 Å². The van der Waals surface area contributed by atoms with Crippen molar-refractivity contribution >= 4 is 34.5 Å². The van der Waals surface area contributed by atoms with Gasteiger partial charge in [0.25, 0.3) is 11.8 Å². The number of rotatable bonds is 2. The summed E-state index contributed by atoms with van der Waals surface area (Å²) in [4.78, 5) is 24.1. The smallest absolute Gasteiger partial charge is 0.265 e. The molecule has 0 spiro atoms. The molecule has 0 saturated carbocycles. The van der Waals surface area contributed by atoms with E-state index in [9.17, 15) is 9.59 Å². The van der Waals surface area contributed by atoms with E-state index in [4.69, 9.17) is 4.74 Å². The Bertz CT molecular complexity index is 667. The molecule has 1 aliphatic rings. The molecule has 0 fully saturated rings. The Hall–Kier alpha value is -2.34. The Balaban J connectivity index is 1.81. The molecule has 3 rings (SSSR count). The quantitative estimate of drug-likeness (QED) is 0.893. The van der Waals surface area contributed by atoms with E-state index in [0.717, 1.165) is 0 Å². The van der Waals surface area contributed by atoms with Crippen molar-refractivity contribution in [3.8, 4) is 5.75 Å². The van der Waals surface area contributed by atoms with Crippen molar-refractivity contribution in [2.24, 2.45) is 0 Å². The maximum absolute atomic E-state index is 11.9. The van der Waals surface area contributed by atoms with E-state index < -0.39 is 6.10 Å². The summed E-state index contributed by atoms with van der Waals surface area (Å²) in [5.74, 6) is 0.238. The summed E-state index contributed by atoms with van der Waals surface area (Å²) >= 11 is 1.37. The average molecular weight is 288 g/mol. The van der Waals surface area contributed by atoms with Crippen molar-refractivity contribution in [2.45, 2.75) is 13.0 Å². The maximum Gasteiger partial charge on any atom is 0.265 e. The molecule has 2 N–H and O–H groups in total. The molecule has 2 heterocycles. The third-order valence-corrected chi connectivity index (χ3v) is 3.78. The van der Waals surface area contributed by atoms with Crippen LogP contribution in [0.4, 0.5) is 11.4 Å². The molecular formula is C14H12N2O3S. The van der Waals surface area contributed by atoms with E-state index in [1.54, 1.807) is 31.2 Å². The monoisotopic (exact) mass is 288 g/mol. The fourth-order valence-electron chi connectivity index (χ4n) is 1.89. The molecule has 20 heavy (non-hydrogen) atoms. The van der Waals surface area contributed by atoms with Gasteiger partial charge in [-0.25, -0.2) is 0 Å². The van der Waals surface area contributed by atoms with Gasteiger partial charge in [0.05, 0.1) is 10.6 Å². The third-order valence-electron chi connectivity index (χ3n) is 2.91. The SMILES string of the molecule is CC1Oc2ccc(NC(=O)c3cccs3)cc2NC1=O. The summed E-state index contributed by atoms with van der Waals surface area (Å²) in [5, 5.41) is 7.37. The number of carbonyl (C=O) groups is 2. The second-order valence-electron chi connectivity index (χ2n) is 4.39. The van der Waals surface area contributed by atoms with Crippen molar-refractivity contribution in [3.05, 3.63) is 40.6 Å². The van der Waals surface area contributed by atoms with Gasteiger partial charge in [-0.15, -0.1) is 11.3 Å². The van der Waals surface area contributed by atoms with Crippen molar-refractivity contribution in [1.29, 1.82) is 0 Å². The molecular weight excluding hydrogens is 276 g/mol.